The highest BCUT2D eigenvalue weighted by molar-refractivity contribution is 5.75. The number of fused-ring (bicyclic) bond motifs is 3. The fourth-order valence-corrected chi connectivity index (χ4v) is 3.56. The highest BCUT2D eigenvalue weighted by atomic mass is 19.3. The summed E-state index contributed by atoms with van der Waals surface area (Å²) in [5.41, 5.74) is 1.13. The van der Waals surface area contributed by atoms with E-state index in [1.807, 2.05) is 26.8 Å². The van der Waals surface area contributed by atoms with Crippen LogP contribution in [-0.2, 0) is 9.47 Å². The fraction of sp³-hybridized carbons (Fsp3) is 0.526. The second-order valence-electron chi connectivity index (χ2n) is 7.87. The Hall–Kier alpha value is -2.35. The molecule has 1 amide bonds. The molecule has 2 atom stereocenters. The Morgan fingerprint density at radius 2 is 1.96 bits per heavy atom. The van der Waals surface area contributed by atoms with E-state index in [0.717, 1.165) is 11.1 Å². The third-order valence-corrected chi connectivity index (χ3v) is 4.58. The first kappa shape index (κ1) is 18.0. The minimum Gasteiger partial charge on any atom is -0.444 e. The predicted octanol–water partition coefficient (Wildman–Crippen LogP) is 3.80. The number of ether oxygens (including phenoxy) is 4. The summed E-state index contributed by atoms with van der Waals surface area (Å²) in [7, 11) is 0. The molecule has 2 unspecified atom stereocenters. The molecule has 27 heavy (non-hydrogen) atoms. The van der Waals surface area contributed by atoms with Gasteiger partial charge >= 0.3 is 12.4 Å². The summed E-state index contributed by atoms with van der Waals surface area (Å²) >= 11 is 0. The number of carbonyl (C=O) groups is 1. The van der Waals surface area contributed by atoms with E-state index in [-0.39, 0.29) is 29.7 Å². The highest BCUT2D eigenvalue weighted by Crippen LogP contribution is 2.43. The molecule has 0 saturated carbocycles. The summed E-state index contributed by atoms with van der Waals surface area (Å²) in [4.78, 5) is 14.3. The molecule has 1 aromatic carbocycles. The molecule has 0 spiro atoms. The lowest BCUT2D eigenvalue weighted by molar-refractivity contribution is -0.286. The van der Waals surface area contributed by atoms with Gasteiger partial charge in [0, 0.05) is 0 Å². The van der Waals surface area contributed by atoms with E-state index >= 15 is 0 Å². The molecule has 1 fully saturated rings. The minimum absolute atomic E-state index is 0.00869. The van der Waals surface area contributed by atoms with Crippen molar-refractivity contribution in [3.8, 4) is 11.5 Å². The summed E-state index contributed by atoms with van der Waals surface area (Å²) in [5.74, 6) is 0.0217. The van der Waals surface area contributed by atoms with Crippen LogP contribution in [0.5, 0.6) is 11.5 Å². The van der Waals surface area contributed by atoms with Crippen LogP contribution >= 0.6 is 0 Å². The smallest absolute Gasteiger partial charge is 0.444 e. The molecular weight excluding hydrogens is 360 g/mol. The van der Waals surface area contributed by atoms with Crippen molar-refractivity contribution in [2.45, 2.75) is 51.2 Å². The number of hydrogen-bond donors (Lipinski definition) is 0. The van der Waals surface area contributed by atoms with E-state index < -0.39 is 11.9 Å². The van der Waals surface area contributed by atoms with Gasteiger partial charge in [-0.15, -0.1) is 8.78 Å². The average molecular weight is 381 g/mol. The second kappa shape index (κ2) is 6.09. The second-order valence-corrected chi connectivity index (χ2v) is 7.87. The fourth-order valence-electron chi connectivity index (χ4n) is 3.56. The Balaban J connectivity index is 1.59. The van der Waals surface area contributed by atoms with Gasteiger partial charge in [-0.3, -0.25) is 4.90 Å². The number of rotatable bonds is 1. The molecule has 3 aliphatic heterocycles. The molecule has 4 rings (SSSR count). The Bertz CT molecular complexity index is 802. The van der Waals surface area contributed by atoms with Crippen molar-refractivity contribution >= 4 is 11.7 Å². The van der Waals surface area contributed by atoms with Crippen LogP contribution in [0.1, 0.15) is 32.8 Å². The zero-order valence-electron chi connectivity index (χ0n) is 15.3. The van der Waals surface area contributed by atoms with Gasteiger partial charge in [-0.1, -0.05) is 12.1 Å². The topological polar surface area (TPSA) is 57.2 Å². The number of alkyl halides is 2. The molecule has 2 bridgehead atoms. The van der Waals surface area contributed by atoms with E-state index in [0.29, 0.717) is 19.6 Å². The van der Waals surface area contributed by atoms with Gasteiger partial charge in [0.05, 0.1) is 25.3 Å². The van der Waals surface area contributed by atoms with E-state index in [4.69, 9.17) is 9.47 Å². The minimum atomic E-state index is -3.64. The third kappa shape index (κ3) is 3.58. The number of morpholine rings is 1. The van der Waals surface area contributed by atoms with Crippen LogP contribution in [0.2, 0.25) is 0 Å². The van der Waals surface area contributed by atoms with Crippen molar-refractivity contribution in [2.75, 3.05) is 13.2 Å². The van der Waals surface area contributed by atoms with Crippen molar-refractivity contribution in [3.05, 3.63) is 29.8 Å². The third-order valence-electron chi connectivity index (χ3n) is 4.58. The predicted molar refractivity (Wildman–Crippen MR) is 91.7 cm³/mol. The maximum Gasteiger partial charge on any atom is 0.586 e. The molecule has 0 aliphatic carbocycles. The standard InChI is InChI=1S/C19H21F2NO5/c1-18(2,3)27-17(23)22-13-6-12(7-14(22)10-24-9-13)11-4-5-15-16(8-11)26-19(20,21)25-15/h4-6,8,13-14H,7,9-10H2,1-3H3. The molecule has 8 heteroatoms. The molecule has 3 heterocycles. The zero-order valence-corrected chi connectivity index (χ0v) is 15.3. The van der Waals surface area contributed by atoms with Crippen molar-refractivity contribution in [2.24, 2.45) is 0 Å². The van der Waals surface area contributed by atoms with Gasteiger partial charge in [0.15, 0.2) is 11.5 Å². The Morgan fingerprint density at radius 3 is 2.67 bits per heavy atom. The first-order chi connectivity index (χ1) is 12.6. The monoisotopic (exact) mass is 381 g/mol. The van der Waals surface area contributed by atoms with Gasteiger partial charge in [0.2, 0.25) is 0 Å². The summed E-state index contributed by atoms with van der Waals surface area (Å²) in [6.07, 6.45) is -1.55. The summed E-state index contributed by atoms with van der Waals surface area (Å²) < 4.78 is 46.6. The molecule has 146 valence electrons. The lowest BCUT2D eigenvalue weighted by Gasteiger charge is -2.44. The van der Waals surface area contributed by atoms with Crippen molar-refractivity contribution < 1.29 is 32.5 Å². The number of carbonyl (C=O) groups excluding carboxylic acids is 1. The van der Waals surface area contributed by atoms with Crippen molar-refractivity contribution in [1.29, 1.82) is 0 Å². The normalized spacial score (nSPS) is 25.8. The van der Waals surface area contributed by atoms with Gasteiger partial charge in [-0.05, 0) is 50.5 Å². The van der Waals surface area contributed by atoms with Crippen LogP contribution in [0.25, 0.3) is 5.57 Å². The van der Waals surface area contributed by atoms with E-state index in [1.165, 1.54) is 6.07 Å². The van der Waals surface area contributed by atoms with Gasteiger partial charge in [-0.25, -0.2) is 4.79 Å². The molecule has 3 aliphatic rings. The first-order valence-corrected chi connectivity index (χ1v) is 8.81. The molecule has 0 aromatic heterocycles. The molecule has 1 saturated heterocycles. The Labute approximate surface area is 155 Å². The number of halogens is 2. The molecular formula is C19H21F2NO5. The highest BCUT2D eigenvalue weighted by Gasteiger charge is 2.44. The van der Waals surface area contributed by atoms with Gasteiger partial charge in [0.1, 0.15) is 5.60 Å². The summed E-state index contributed by atoms with van der Waals surface area (Å²) in [6.45, 7) is 6.23. The molecule has 1 aromatic rings. The number of amides is 1. The average Bonchev–Trinajstić information content (AvgIpc) is 2.84. The molecule has 0 radical (unpaired) electrons. The van der Waals surface area contributed by atoms with E-state index in [2.05, 4.69) is 9.47 Å². The van der Waals surface area contributed by atoms with E-state index in [1.54, 1.807) is 17.0 Å². The van der Waals surface area contributed by atoms with Gasteiger partial charge in [-0.2, -0.15) is 0 Å². The Kier molecular flexibility index (Phi) is 4.06. The van der Waals surface area contributed by atoms with Gasteiger partial charge in [0.25, 0.3) is 0 Å². The maximum absolute atomic E-state index is 13.2. The zero-order chi connectivity index (χ0) is 19.4. The number of nitrogens with zero attached hydrogens (tertiary/aromatic N) is 1. The molecule has 6 nitrogen and oxygen atoms in total. The number of benzene rings is 1. The molecule has 0 N–H and O–H groups in total. The van der Waals surface area contributed by atoms with Crippen LogP contribution in [0, 0.1) is 0 Å². The van der Waals surface area contributed by atoms with Crippen LogP contribution in [-0.4, -0.2) is 48.2 Å². The largest absolute Gasteiger partial charge is 0.586 e. The maximum atomic E-state index is 13.2. The Morgan fingerprint density at radius 1 is 1.22 bits per heavy atom. The van der Waals surface area contributed by atoms with Crippen molar-refractivity contribution in [3.63, 3.8) is 0 Å². The SMILES string of the molecule is CC(C)(C)OC(=O)N1C2C=C(c3ccc4c(c3)OC(F)(F)O4)CC1COC2. The van der Waals surface area contributed by atoms with Crippen LogP contribution in [0.15, 0.2) is 24.3 Å². The summed E-state index contributed by atoms with van der Waals surface area (Å²) in [6, 6.07) is 4.29. The van der Waals surface area contributed by atoms with Gasteiger partial charge < -0.3 is 18.9 Å². The quantitative estimate of drug-likeness (QED) is 0.741. The van der Waals surface area contributed by atoms with Crippen LogP contribution < -0.4 is 9.47 Å². The lowest BCUT2D eigenvalue weighted by atomic mass is 9.90. The summed E-state index contributed by atoms with van der Waals surface area (Å²) in [5, 5.41) is 0. The van der Waals surface area contributed by atoms with E-state index in [9.17, 15) is 13.6 Å². The van der Waals surface area contributed by atoms with Crippen LogP contribution in [0.3, 0.4) is 0 Å². The number of hydrogen-bond acceptors (Lipinski definition) is 5. The lowest BCUT2D eigenvalue weighted by Crippen LogP contribution is -2.57. The van der Waals surface area contributed by atoms with Crippen LogP contribution in [0.4, 0.5) is 13.6 Å². The van der Waals surface area contributed by atoms with Crippen molar-refractivity contribution in [1.82, 2.24) is 4.90 Å². The first-order valence-electron chi connectivity index (χ1n) is 8.81.